The van der Waals surface area contributed by atoms with Crippen molar-refractivity contribution < 1.29 is 9.53 Å². The molecule has 3 rings (SSSR count). The van der Waals surface area contributed by atoms with Gasteiger partial charge in [0, 0.05) is 50.6 Å². The number of piperazine rings is 1. The number of methoxy groups -OCH3 is 1. The zero-order valence-corrected chi connectivity index (χ0v) is 17.7. The maximum Gasteiger partial charge on any atom is 0.270 e. The Morgan fingerprint density at radius 1 is 1.10 bits per heavy atom. The van der Waals surface area contributed by atoms with Gasteiger partial charge >= 0.3 is 0 Å². The van der Waals surface area contributed by atoms with E-state index in [0.717, 1.165) is 44.2 Å². The average molecular weight is 399 g/mol. The molecule has 0 aliphatic carbocycles. The minimum Gasteiger partial charge on any atom is -0.497 e. The number of hydrogen-bond acceptors (Lipinski definition) is 7. The van der Waals surface area contributed by atoms with Crippen LogP contribution in [-0.2, 0) is 0 Å². The fourth-order valence-electron chi connectivity index (χ4n) is 3.25. The van der Waals surface area contributed by atoms with E-state index in [-0.39, 0.29) is 5.91 Å². The van der Waals surface area contributed by atoms with Gasteiger partial charge < -0.3 is 24.8 Å². The Bertz CT molecular complexity index is 816. The van der Waals surface area contributed by atoms with Gasteiger partial charge in [-0.3, -0.25) is 4.79 Å². The highest BCUT2D eigenvalue weighted by atomic mass is 16.5. The van der Waals surface area contributed by atoms with Crippen LogP contribution < -0.4 is 19.9 Å². The minimum atomic E-state index is -0.157. The van der Waals surface area contributed by atoms with Gasteiger partial charge in [-0.15, -0.1) is 0 Å². The molecule has 29 heavy (non-hydrogen) atoms. The molecule has 1 aliphatic rings. The standard InChI is InChI=1S/C21H30N6O2/c1-16-15-19(20(28)22-9-10-25(2)3)24-21(23-16)27-13-11-26(12-14-27)17-5-7-18(29-4)8-6-17/h5-8,15H,9-14H2,1-4H3,(H,22,28). The number of aryl methyl sites for hydroxylation is 1. The van der Waals surface area contributed by atoms with Crippen molar-refractivity contribution in [2.75, 3.05) is 70.3 Å². The van der Waals surface area contributed by atoms with Gasteiger partial charge in [0.25, 0.3) is 5.91 Å². The predicted molar refractivity (Wildman–Crippen MR) is 115 cm³/mol. The van der Waals surface area contributed by atoms with E-state index in [9.17, 15) is 4.79 Å². The van der Waals surface area contributed by atoms with Gasteiger partial charge in [0.05, 0.1) is 7.11 Å². The molecule has 0 atom stereocenters. The van der Waals surface area contributed by atoms with Crippen molar-refractivity contribution in [2.24, 2.45) is 0 Å². The second kappa shape index (κ2) is 9.56. The Hall–Kier alpha value is -2.87. The van der Waals surface area contributed by atoms with E-state index < -0.39 is 0 Å². The molecule has 1 aromatic carbocycles. The van der Waals surface area contributed by atoms with Crippen LogP contribution >= 0.6 is 0 Å². The summed E-state index contributed by atoms with van der Waals surface area (Å²) >= 11 is 0. The molecule has 8 nitrogen and oxygen atoms in total. The van der Waals surface area contributed by atoms with E-state index in [2.05, 4.69) is 37.2 Å². The normalized spacial score (nSPS) is 14.2. The van der Waals surface area contributed by atoms with Gasteiger partial charge in [-0.05, 0) is 51.4 Å². The lowest BCUT2D eigenvalue weighted by Crippen LogP contribution is -2.47. The molecule has 1 aliphatic heterocycles. The quantitative estimate of drug-likeness (QED) is 0.756. The second-order valence-electron chi connectivity index (χ2n) is 7.43. The van der Waals surface area contributed by atoms with Crippen LogP contribution in [0.5, 0.6) is 5.75 Å². The average Bonchev–Trinajstić information content (AvgIpc) is 2.73. The second-order valence-corrected chi connectivity index (χ2v) is 7.43. The summed E-state index contributed by atoms with van der Waals surface area (Å²) in [5.74, 6) is 1.32. The van der Waals surface area contributed by atoms with E-state index in [1.165, 1.54) is 5.69 Å². The van der Waals surface area contributed by atoms with Crippen molar-refractivity contribution in [3.63, 3.8) is 0 Å². The fourth-order valence-corrected chi connectivity index (χ4v) is 3.25. The van der Waals surface area contributed by atoms with Gasteiger partial charge in [-0.25, -0.2) is 9.97 Å². The maximum absolute atomic E-state index is 12.4. The molecule has 8 heteroatoms. The summed E-state index contributed by atoms with van der Waals surface area (Å²) in [6, 6.07) is 9.85. The molecular weight excluding hydrogens is 368 g/mol. The highest BCUT2D eigenvalue weighted by molar-refractivity contribution is 5.92. The van der Waals surface area contributed by atoms with Crippen LogP contribution in [0.3, 0.4) is 0 Å². The third kappa shape index (κ3) is 5.57. The molecule has 1 saturated heterocycles. The van der Waals surface area contributed by atoms with Gasteiger partial charge in [0.1, 0.15) is 11.4 Å². The molecule has 2 heterocycles. The number of amides is 1. The molecule has 2 aromatic rings. The van der Waals surface area contributed by atoms with Crippen LogP contribution in [0.4, 0.5) is 11.6 Å². The third-order valence-electron chi connectivity index (χ3n) is 4.92. The number of carbonyl (C=O) groups excluding carboxylic acids is 1. The highest BCUT2D eigenvalue weighted by Gasteiger charge is 2.21. The number of nitrogens with one attached hydrogen (secondary N) is 1. The minimum absolute atomic E-state index is 0.157. The van der Waals surface area contributed by atoms with Crippen LogP contribution in [0, 0.1) is 6.92 Å². The van der Waals surface area contributed by atoms with Crippen LogP contribution in [0.15, 0.2) is 30.3 Å². The Labute approximate surface area is 172 Å². The van der Waals surface area contributed by atoms with Crippen LogP contribution in [-0.4, -0.2) is 81.2 Å². The largest absolute Gasteiger partial charge is 0.497 e. The van der Waals surface area contributed by atoms with Gasteiger partial charge in [0.15, 0.2) is 0 Å². The molecule has 1 aromatic heterocycles. The zero-order chi connectivity index (χ0) is 20.8. The number of rotatable bonds is 7. The lowest BCUT2D eigenvalue weighted by Gasteiger charge is -2.36. The molecule has 0 spiro atoms. The van der Waals surface area contributed by atoms with Crippen molar-refractivity contribution in [1.29, 1.82) is 0 Å². The smallest absolute Gasteiger partial charge is 0.270 e. The monoisotopic (exact) mass is 398 g/mol. The highest BCUT2D eigenvalue weighted by Crippen LogP contribution is 2.21. The molecule has 0 unspecified atom stereocenters. The fraction of sp³-hybridized carbons (Fsp3) is 0.476. The number of likely N-dealkylation sites (N-methyl/N-ethyl adjacent to an activating group) is 1. The molecule has 1 amide bonds. The summed E-state index contributed by atoms with van der Waals surface area (Å²) in [5, 5.41) is 2.92. The lowest BCUT2D eigenvalue weighted by molar-refractivity contribution is 0.0946. The van der Waals surface area contributed by atoms with E-state index >= 15 is 0 Å². The molecule has 1 N–H and O–H groups in total. The molecule has 156 valence electrons. The van der Waals surface area contributed by atoms with Crippen molar-refractivity contribution >= 4 is 17.5 Å². The van der Waals surface area contributed by atoms with Crippen molar-refractivity contribution in [3.05, 3.63) is 41.7 Å². The number of benzene rings is 1. The first kappa shape index (κ1) is 20.9. The number of hydrogen-bond donors (Lipinski definition) is 1. The summed E-state index contributed by atoms with van der Waals surface area (Å²) in [4.78, 5) is 28.0. The van der Waals surface area contributed by atoms with Gasteiger partial charge in [-0.2, -0.15) is 0 Å². The molecule has 0 radical (unpaired) electrons. The lowest BCUT2D eigenvalue weighted by atomic mass is 10.2. The zero-order valence-electron chi connectivity index (χ0n) is 17.7. The summed E-state index contributed by atoms with van der Waals surface area (Å²) in [7, 11) is 5.63. The first-order chi connectivity index (χ1) is 14.0. The number of aromatic nitrogens is 2. The van der Waals surface area contributed by atoms with Crippen LogP contribution in [0.25, 0.3) is 0 Å². The molecular formula is C21H30N6O2. The van der Waals surface area contributed by atoms with E-state index in [0.29, 0.717) is 18.2 Å². The summed E-state index contributed by atoms with van der Waals surface area (Å²) in [5.41, 5.74) is 2.39. The Balaban J connectivity index is 1.62. The third-order valence-corrected chi connectivity index (χ3v) is 4.92. The Morgan fingerprint density at radius 3 is 2.38 bits per heavy atom. The molecule has 1 fully saturated rings. The van der Waals surface area contributed by atoms with Crippen molar-refractivity contribution in [1.82, 2.24) is 20.2 Å². The van der Waals surface area contributed by atoms with Gasteiger partial charge in [-0.1, -0.05) is 0 Å². The number of ether oxygens (including phenoxy) is 1. The topological polar surface area (TPSA) is 73.8 Å². The van der Waals surface area contributed by atoms with Crippen molar-refractivity contribution in [3.8, 4) is 5.75 Å². The predicted octanol–water partition coefficient (Wildman–Crippen LogP) is 1.41. The Morgan fingerprint density at radius 2 is 1.76 bits per heavy atom. The number of nitrogens with zero attached hydrogens (tertiary/aromatic N) is 5. The number of carbonyl (C=O) groups is 1. The van der Waals surface area contributed by atoms with Crippen LogP contribution in [0.1, 0.15) is 16.2 Å². The van der Waals surface area contributed by atoms with Crippen LogP contribution in [0.2, 0.25) is 0 Å². The first-order valence-corrected chi connectivity index (χ1v) is 9.89. The molecule has 0 saturated carbocycles. The summed E-state index contributed by atoms with van der Waals surface area (Å²) < 4.78 is 5.23. The van der Waals surface area contributed by atoms with E-state index in [1.54, 1.807) is 13.2 Å². The SMILES string of the molecule is COc1ccc(N2CCN(c3nc(C)cc(C(=O)NCCN(C)C)n3)CC2)cc1. The Kier molecular flexibility index (Phi) is 6.87. The molecule has 0 bridgehead atoms. The maximum atomic E-state index is 12.4. The number of anilines is 2. The van der Waals surface area contributed by atoms with Crippen molar-refractivity contribution in [2.45, 2.75) is 6.92 Å². The summed E-state index contributed by atoms with van der Waals surface area (Å²) in [6.07, 6.45) is 0. The van der Waals surface area contributed by atoms with E-state index in [4.69, 9.17) is 4.74 Å². The van der Waals surface area contributed by atoms with E-state index in [1.807, 2.05) is 38.1 Å². The van der Waals surface area contributed by atoms with Gasteiger partial charge in [0.2, 0.25) is 5.95 Å². The first-order valence-electron chi connectivity index (χ1n) is 9.89. The summed E-state index contributed by atoms with van der Waals surface area (Å²) in [6.45, 7) is 6.62.